The van der Waals surface area contributed by atoms with Crippen LogP contribution in [0.25, 0.3) is 0 Å². The van der Waals surface area contributed by atoms with Crippen LogP contribution in [0.2, 0.25) is 0 Å². The van der Waals surface area contributed by atoms with Crippen molar-refractivity contribution in [2.75, 3.05) is 6.67 Å². The standard InChI is InChI=1S/C13H14FO4/c1-8(7-14)11-4-12(17-9(2)15)6-13(5-11)18-10(3)16/h4-6H,7H2,1-3H3. The highest BCUT2D eigenvalue weighted by molar-refractivity contribution is 5.71. The third kappa shape index (κ3) is 4.16. The number of alkyl halides is 1. The Morgan fingerprint density at radius 1 is 1.00 bits per heavy atom. The van der Waals surface area contributed by atoms with E-state index in [1.165, 1.54) is 32.0 Å². The van der Waals surface area contributed by atoms with Crippen LogP contribution in [0.1, 0.15) is 26.3 Å². The van der Waals surface area contributed by atoms with Crippen molar-refractivity contribution in [3.63, 3.8) is 0 Å². The Morgan fingerprint density at radius 3 is 1.78 bits per heavy atom. The number of halogens is 1. The minimum atomic E-state index is -0.636. The maximum absolute atomic E-state index is 12.6. The van der Waals surface area contributed by atoms with E-state index in [2.05, 4.69) is 0 Å². The van der Waals surface area contributed by atoms with E-state index in [0.29, 0.717) is 11.5 Å². The van der Waals surface area contributed by atoms with Gasteiger partial charge in [0, 0.05) is 25.8 Å². The van der Waals surface area contributed by atoms with Crippen molar-refractivity contribution in [3.05, 3.63) is 29.7 Å². The van der Waals surface area contributed by atoms with E-state index in [0.717, 1.165) is 0 Å². The summed E-state index contributed by atoms with van der Waals surface area (Å²) in [5.41, 5.74) is 0.521. The zero-order valence-electron chi connectivity index (χ0n) is 10.5. The number of esters is 2. The van der Waals surface area contributed by atoms with Crippen molar-refractivity contribution in [1.29, 1.82) is 0 Å². The molecule has 0 aliphatic rings. The fraction of sp³-hybridized carbons (Fsp3) is 0.308. The normalized spacial score (nSPS) is 10.3. The van der Waals surface area contributed by atoms with Crippen molar-refractivity contribution in [2.45, 2.75) is 20.8 Å². The Bertz CT molecular complexity index is 422. The molecule has 0 bridgehead atoms. The van der Waals surface area contributed by atoms with Crippen molar-refractivity contribution in [2.24, 2.45) is 0 Å². The van der Waals surface area contributed by atoms with Crippen LogP contribution < -0.4 is 9.47 Å². The van der Waals surface area contributed by atoms with Gasteiger partial charge in [-0.2, -0.15) is 0 Å². The van der Waals surface area contributed by atoms with Gasteiger partial charge in [-0.3, -0.25) is 14.0 Å². The van der Waals surface area contributed by atoms with Gasteiger partial charge in [0.1, 0.15) is 11.5 Å². The Hall–Kier alpha value is -1.91. The van der Waals surface area contributed by atoms with E-state index in [1.807, 2.05) is 0 Å². The third-order valence-electron chi connectivity index (χ3n) is 2.10. The molecule has 1 rings (SSSR count). The van der Waals surface area contributed by atoms with E-state index in [-0.39, 0.29) is 11.5 Å². The lowest BCUT2D eigenvalue weighted by molar-refractivity contribution is -0.132. The zero-order valence-corrected chi connectivity index (χ0v) is 10.5. The molecule has 0 fully saturated rings. The molecular weight excluding hydrogens is 239 g/mol. The van der Waals surface area contributed by atoms with Crippen LogP contribution in [0.4, 0.5) is 4.39 Å². The van der Waals surface area contributed by atoms with Crippen molar-refractivity contribution < 1.29 is 23.5 Å². The first-order valence-electron chi connectivity index (χ1n) is 5.33. The summed E-state index contributed by atoms with van der Waals surface area (Å²) in [6.07, 6.45) is 0. The molecule has 1 radical (unpaired) electrons. The fourth-order valence-electron chi connectivity index (χ4n) is 1.35. The summed E-state index contributed by atoms with van der Waals surface area (Å²) in [7, 11) is 0. The monoisotopic (exact) mass is 253 g/mol. The molecule has 0 amide bonds. The first-order chi connectivity index (χ1) is 8.42. The first kappa shape index (κ1) is 14.2. The van der Waals surface area contributed by atoms with Gasteiger partial charge in [0.15, 0.2) is 0 Å². The summed E-state index contributed by atoms with van der Waals surface area (Å²) in [5.74, 6) is -0.122. The van der Waals surface area contributed by atoms with Crippen LogP contribution in [0.15, 0.2) is 18.2 Å². The van der Waals surface area contributed by atoms with Gasteiger partial charge in [-0.05, 0) is 17.7 Å². The molecule has 1 aromatic carbocycles. The summed E-state index contributed by atoms with van der Waals surface area (Å²) >= 11 is 0. The quantitative estimate of drug-likeness (QED) is 0.611. The predicted molar refractivity (Wildman–Crippen MR) is 63.1 cm³/mol. The molecule has 0 saturated carbocycles. The second-order valence-electron chi connectivity index (χ2n) is 3.79. The first-order valence-corrected chi connectivity index (χ1v) is 5.33. The molecule has 0 saturated heterocycles. The third-order valence-corrected chi connectivity index (χ3v) is 2.10. The highest BCUT2D eigenvalue weighted by Crippen LogP contribution is 2.27. The molecule has 0 aliphatic heterocycles. The number of rotatable bonds is 4. The SMILES string of the molecule is C[C](CF)c1cc(OC(C)=O)cc(OC(C)=O)c1. The second-order valence-corrected chi connectivity index (χ2v) is 3.79. The average molecular weight is 253 g/mol. The van der Waals surface area contributed by atoms with Crippen molar-refractivity contribution >= 4 is 11.9 Å². The molecule has 0 aromatic heterocycles. The molecule has 0 unspecified atom stereocenters. The van der Waals surface area contributed by atoms with Gasteiger partial charge in [-0.15, -0.1) is 0 Å². The van der Waals surface area contributed by atoms with Crippen LogP contribution in [-0.4, -0.2) is 18.6 Å². The average Bonchev–Trinajstić information content (AvgIpc) is 2.25. The number of benzene rings is 1. The van der Waals surface area contributed by atoms with Crippen LogP contribution in [0, 0.1) is 5.92 Å². The molecule has 0 spiro atoms. The van der Waals surface area contributed by atoms with Gasteiger partial charge >= 0.3 is 11.9 Å². The van der Waals surface area contributed by atoms with E-state index < -0.39 is 18.6 Å². The molecule has 1 aromatic rings. The molecule has 0 atom stereocenters. The Balaban J connectivity index is 3.10. The predicted octanol–water partition coefficient (Wildman–Crippen LogP) is 2.45. The molecule has 97 valence electrons. The number of carbonyl (C=O) groups excluding carboxylic acids is 2. The fourth-order valence-corrected chi connectivity index (χ4v) is 1.35. The van der Waals surface area contributed by atoms with E-state index in [9.17, 15) is 14.0 Å². The molecule has 0 heterocycles. The molecule has 18 heavy (non-hydrogen) atoms. The largest absolute Gasteiger partial charge is 0.427 e. The Kier molecular flexibility index (Phi) is 4.83. The zero-order chi connectivity index (χ0) is 13.7. The van der Waals surface area contributed by atoms with Gasteiger partial charge in [-0.25, -0.2) is 0 Å². The van der Waals surface area contributed by atoms with Crippen LogP contribution in [-0.2, 0) is 9.59 Å². The van der Waals surface area contributed by atoms with E-state index >= 15 is 0 Å². The van der Waals surface area contributed by atoms with Crippen LogP contribution >= 0.6 is 0 Å². The summed E-state index contributed by atoms with van der Waals surface area (Å²) in [6.45, 7) is 3.47. The summed E-state index contributed by atoms with van der Waals surface area (Å²) < 4.78 is 22.4. The van der Waals surface area contributed by atoms with E-state index in [1.54, 1.807) is 6.92 Å². The molecule has 0 aliphatic carbocycles. The lowest BCUT2D eigenvalue weighted by atomic mass is 10.0. The van der Waals surface area contributed by atoms with Crippen LogP contribution in [0.3, 0.4) is 0 Å². The minimum absolute atomic E-state index is 0.212. The van der Waals surface area contributed by atoms with Crippen molar-refractivity contribution in [1.82, 2.24) is 0 Å². The summed E-state index contributed by atoms with van der Waals surface area (Å²) in [4.78, 5) is 21.8. The Labute approximate surface area is 105 Å². The van der Waals surface area contributed by atoms with Crippen LogP contribution in [0.5, 0.6) is 11.5 Å². The topological polar surface area (TPSA) is 52.6 Å². The van der Waals surface area contributed by atoms with E-state index in [4.69, 9.17) is 9.47 Å². The van der Waals surface area contributed by atoms with Gasteiger partial charge in [0.2, 0.25) is 0 Å². The van der Waals surface area contributed by atoms with Gasteiger partial charge in [0.25, 0.3) is 0 Å². The van der Waals surface area contributed by atoms with Gasteiger partial charge in [0.05, 0.1) is 6.67 Å². The lowest BCUT2D eigenvalue weighted by Gasteiger charge is -2.11. The van der Waals surface area contributed by atoms with Gasteiger partial charge < -0.3 is 9.47 Å². The minimum Gasteiger partial charge on any atom is -0.427 e. The number of hydrogen-bond acceptors (Lipinski definition) is 4. The summed E-state index contributed by atoms with van der Waals surface area (Å²) in [6, 6.07) is 4.43. The lowest BCUT2D eigenvalue weighted by Crippen LogP contribution is -2.06. The molecule has 5 heteroatoms. The highest BCUT2D eigenvalue weighted by atomic mass is 19.1. The smallest absolute Gasteiger partial charge is 0.308 e. The highest BCUT2D eigenvalue weighted by Gasteiger charge is 2.12. The number of ether oxygens (including phenoxy) is 2. The van der Waals surface area contributed by atoms with Gasteiger partial charge in [-0.1, -0.05) is 6.92 Å². The number of carbonyl (C=O) groups is 2. The van der Waals surface area contributed by atoms with Crippen molar-refractivity contribution in [3.8, 4) is 11.5 Å². The maximum Gasteiger partial charge on any atom is 0.308 e. The molecule has 4 nitrogen and oxygen atoms in total. The summed E-state index contributed by atoms with van der Waals surface area (Å²) in [5, 5.41) is 0. The number of hydrogen-bond donors (Lipinski definition) is 0. The Morgan fingerprint density at radius 2 is 1.44 bits per heavy atom. The second kappa shape index (κ2) is 6.14. The molecular formula is C13H14FO4. The maximum atomic E-state index is 12.6. The molecule has 0 N–H and O–H groups in total.